The minimum Gasteiger partial charge on any atom is -0.412 e. The largest absolute Gasteiger partial charge is 0.412 e. The highest BCUT2D eigenvalue weighted by Crippen LogP contribution is 2.09. The minimum atomic E-state index is -1.06. The van der Waals surface area contributed by atoms with Crippen LogP contribution in [0, 0.1) is 0 Å². The van der Waals surface area contributed by atoms with Crippen molar-refractivity contribution in [3.8, 4) is 0 Å². The number of nitrogens with zero attached hydrogens (tertiary/aromatic N) is 2. The Kier molecular flexibility index (Phi) is 8.07. The topological polar surface area (TPSA) is 105 Å². The van der Waals surface area contributed by atoms with E-state index in [0.29, 0.717) is 19.2 Å². The third kappa shape index (κ3) is 6.81. The van der Waals surface area contributed by atoms with Crippen LogP contribution in [-0.2, 0) is 22.8 Å². The zero-order chi connectivity index (χ0) is 13.6. The van der Waals surface area contributed by atoms with Crippen LogP contribution in [0.15, 0.2) is 6.07 Å². The molecule has 0 aromatic carbocycles. The Morgan fingerprint density at radius 1 is 1.42 bits per heavy atom. The van der Waals surface area contributed by atoms with E-state index >= 15 is 0 Å². The van der Waals surface area contributed by atoms with Gasteiger partial charge in [0, 0.05) is 27.9 Å². The number of quaternary nitrogens is 1. The van der Waals surface area contributed by atoms with Gasteiger partial charge < -0.3 is 14.9 Å². The van der Waals surface area contributed by atoms with Gasteiger partial charge in [-0.1, -0.05) is 19.6 Å². The van der Waals surface area contributed by atoms with Crippen molar-refractivity contribution in [1.82, 2.24) is 9.78 Å². The molecule has 5 N–H and O–H groups in total. The molecule has 0 radical (unpaired) electrons. The molecule has 0 fully saturated rings. The molecule has 1 heterocycles. The van der Waals surface area contributed by atoms with Crippen LogP contribution in [0.2, 0.25) is 25.7 Å². The molecule has 0 spiro atoms. The Hall–Kier alpha value is -0.773. The van der Waals surface area contributed by atoms with E-state index in [1.165, 1.54) is 0 Å². The van der Waals surface area contributed by atoms with Crippen LogP contribution in [0.1, 0.15) is 5.69 Å². The number of nitrogens with two attached hydrogens (primary N) is 1. The molecule has 8 heteroatoms. The smallest absolute Gasteiger partial charge is 0.257 e. The molecular formula is C11H26N3O4Si+. The van der Waals surface area contributed by atoms with Crippen LogP contribution in [0.4, 0.5) is 5.82 Å². The maximum atomic E-state index is 9.11. The Balaban J connectivity index is 0.00000324. The second kappa shape index (κ2) is 8.41. The van der Waals surface area contributed by atoms with Crippen molar-refractivity contribution >= 4 is 13.9 Å². The summed E-state index contributed by atoms with van der Waals surface area (Å²) < 4.78 is 12.2. The minimum absolute atomic E-state index is 0. The molecule has 112 valence electrons. The van der Waals surface area contributed by atoms with Gasteiger partial charge in [-0.05, 0) is 6.04 Å². The quantitative estimate of drug-likeness (QED) is 0.403. The van der Waals surface area contributed by atoms with Crippen molar-refractivity contribution in [3.05, 3.63) is 11.8 Å². The molecular weight excluding hydrogens is 266 g/mol. The van der Waals surface area contributed by atoms with Crippen LogP contribution in [0.3, 0.4) is 0 Å². The van der Waals surface area contributed by atoms with Gasteiger partial charge in [0.15, 0.2) is 0 Å². The average molecular weight is 292 g/mol. The normalized spacial score (nSPS) is 11.4. The van der Waals surface area contributed by atoms with Gasteiger partial charge in [0.1, 0.15) is 6.73 Å². The van der Waals surface area contributed by atoms with Crippen molar-refractivity contribution in [1.29, 1.82) is 0 Å². The monoisotopic (exact) mass is 292 g/mol. The van der Waals surface area contributed by atoms with Crippen molar-refractivity contribution < 1.29 is 25.6 Å². The molecule has 0 saturated heterocycles. The molecule has 0 aliphatic carbocycles. The summed E-state index contributed by atoms with van der Waals surface area (Å²) in [6, 6.07) is 2.91. The SMILES string of the molecule is COCc1cc([NH2+]O)n(COCC[Si](C)(C)C)n1.O. The maximum Gasteiger partial charge on any atom is 0.257 e. The number of ether oxygens (including phenoxy) is 2. The fourth-order valence-electron chi connectivity index (χ4n) is 1.44. The van der Waals surface area contributed by atoms with E-state index < -0.39 is 8.07 Å². The third-order valence-electron chi connectivity index (χ3n) is 2.50. The van der Waals surface area contributed by atoms with E-state index in [4.69, 9.17) is 14.7 Å². The lowest BCUT2D eigenvalue weighted by molar-refractivity contribution is -0.829. The van der Waals surface area contributed by atoms with E-state index in [2.05, 4.69) is 24.7 Å². The molecule has 0 aliphatic heterocycles. The zero-order valence-corrected chi connectivity index (χ0v) is 13.1. The van der Waals surface area contributed by atoms with Gasteiger partial charge in [0.05, 0.1) is 12.3 Å². The second-order valence-electron chi connectivity index (χ2n) is 5.47. The van der Waals surface area contributed by atoms with E-state index in [1.807, 2.05) is 0 Å². The van der Waals surface area contributed by atoms with Crippen LogP contribution in [-0.4, -0.2) is 42.3 Å². The van der Waals surface area contributed by atoms with Gasteiger partial charge in [-0.3, -0.25) is 0 Å². The van der Waals surface area contributed by atoms with Gasteiger partial charge in [-0.25, -0.2) is 5.21 Å². The van der Waals surface area contributed by atoms with Crippen LogP contribution in [0.25, 0.3) is 0 Å². The van der Waals surface area contributed by atoms with Gasteiger partial charge in [-0.15, -0.1) is 0 Å². The molecule has 7 nitrogen and oxygen atoms in total. The predicted octanol–water partition coefficient (Wildman–Crippen LogP) is 0.101. The Morgan fingerprint density at radius 2 is 2.11 bits per heavy atom. The maximum absolute atomic E-state index is 9.11. The Morgan fingerprint density at radius 3 is 2.63 bits per heavy atom. The first-order valence-electron chi connectivity index (χ1n) is 6.07. The van der Waals surface area contributed by atoms with Crippen molar-refractivity contribution in [2.24, 2.45) is 0 Å². The zero-order valence-electron chi connectivity index (χ0n) is 12.1. The van der Waals surface area contributed by atoms with E-state index in [9.17, 15) is 0 Å². The van der Waals surface area contributed by atoms with Crippen molar-refractivity contribution in [2.45, 2.75) is 39.0 Å². The highest BCUT2D eigenvalue weighted by atomic mass is 28.3. The summed E-state index contributed by atoms with van der Waals surface area (Å²) in [5.74, 6) is 0.634. The number of rotatable bonds is 8. The number of hydrogen-bond donors (Lipinski definition) is 2. The molecule has 0 amide bonds. The summed E-state index contributed by atoms with van der Waals surface area (Å²) in [5.41, 5.74) is 1.82. The highest BCUT2D eigenvalue weighted by molar-refractivity contribution is 6.76. The molecule has 0 aliphatic rings. The second-order valence-corrected chi connectivity index (χ2v) is 11.1. The fourth-order valence-corrected chi connectivity index (χ4v) is 2.20. The first-order chi connectivity index (χ1) is 8.46. The summed E-state index contributed by atoms with van der Waals surface area (Å²) >= 11 is 0. The third-order valence-corrected chi connectivity index (χ3v) is 4.20. The fraction of sp³-hybridized carbons (Fsp3) is 0.727. The van der Waals surface area contributed by atoms with Crippen molar-refractivity contribution in [3.63, 3.8) is 0 Å². The first kappa shape index (κ1) is 18.2. The summed E-state index contributed by atoms with van der Waals surface area (Å²) in [6.45, 7) is 8.47. The number of hydrogen-bond acceptors (Lipinski definition) is 4. The molecule has 0 bridgehead atoms. The lowest BCUT2D eigenvalue weighted by Gasteiger charge is -2.15. The number of methoxy groups -OCH3 is 1. The summed E-state index contributed by atoms with van der Waals surface area (Å²) in [4.78, 5) is 0. The lowest BCUT2D eigenvalue weighted by atomic mass is 10.4. The van der Waals surface area contributed by atoms with Gasteiger partial charge in [-0.2, -0.15) is 15.3 Å². The Labute approximate surface area is 114 Å². The molecule has 0 unspecified atom stereocenters. The van der Waals surface area contributed by atoms with Gasteiger partial charge in [0.2, 0.25) is 0 Å². The first-order valence-corrected chi connectivity index (χ1v) is 9.78. The van der Waals surface area contributed by atoms with E-state index in [-0.39, 0.29) is 5.48 Å². The highest BCUT2D eigenvalue weighted by Gasteiger charge is 2.14. The molecule has 1 aromatic rings. The van der Waals surface area contributed by atoms with Crippen LogP contribution < -0.4 is 5.48 Å². The van der Waals surface area contributed by atoms with Gasteiger partial charge in [0.25, 0.3) is 5.82 Å². The molecule has 0 atom stereocenters. The van der Waals surface area contributed by atoms with Crippen molar-refractivity contribution in [2.75, 3.05) is 13.7 Å². The summed E-state index contributed by atoms with van der Waals surface area (Å²) in [6.07, 6.45) is 0. The van der Waals surface area contributed by atoms with Gasteiger partial charge >= 0.3 is 0 Å². The predicted molar refractivity (Wildman–Crippen MR) is 74.0 cm³/mol. The van der Waals surface area contributed by atoms with Crippen LogP contribution >= 0.6 is 0 Å². The van der Waals surface area contributed by atoms with E-state index in [1.54, 1.807) is 17.9 Å². The molecule has 1 rings (SSSR count). The molecule has 1 aromatic heterocycles. The Bertz CT molecular complexity index is 365. The average Bonchev–Trinajstić information content (AvgIpc) is 2.66. The molecule has 19 heavy (non-hydrogen) atoms. The summed E-state index contributed by atoms with van der Waals surface area (Å²) in [5, 5.41) is 13.4. The standard InChI is InChI=1S/C11H23N3O3Si.H2O/c1-16-8-10-7-11(13-15)14(12-10)9-17-5-6-18(2,3)4;/h7,13,15H,5-6,8-9H2,1-4H3;1H2/p+1. The number of aromatic nitrogens is 2. The van der Waals surface area contributed by atoms with Crippen LogP contribution in [0.5, 0.6) is 0 Å². The molecule has 0 saturated carbocycles. The lowest BCUT2D eigenvalue weighted by Crippen LogP contribution is -2.74. The summed E-state index contributed by atoms with van der Waals surface area (Å²) in [7, 11) is 0.560. The van der Waals surface area contributed by atoms with E-state index in [0.717, 1.165) is 23.8 Å².